The van der Waals surface area contributed by atoms with Crippen LogP contribution in [-0.2, 0) is 5.92 Å². The zero-order valence-electron chi connectivity index (χ0n) is 9.32. The molecule has 0 atom stereocenters. The number of halogens is 3. The highest BCUT2D eigenvalue weighted by atomic mass is 19.3. The van der Waals surface area contributed by atoms with Gasteiger partial charge in [-0.05, 0) is 12.1 Å². The summed E-state index contributed by atoms with van der Waals surface area (Å²) >= 11 is 0. The van der Waals surface area contributed by atoms with Crippen molar-refractivity contribution in [3.8, 4) is 5.75 Å². The summed E-state index contributed by atoms with van der Waals surface area (Å²) in [5.41, 5.74) is -0.172. The highest BCUT2D eigenvalue weighted by Crippen LogP contribution is 2.28. The average Bonchev–Trinajstić information content (AvgIpc) is 2.39. The molecule has 5 heteroatoms. The number of ether oxygens (including phenoxy) is 1. The second kappa shape index (κ2) is 5.08. The molecule has 0 N–H and O–H groups in total. The van der Waals surface area contributed by atoms with Gasteiger partial charge in [0.2, 0.25) is 0 Å². The number of alkyl halides is 2. The maximum absolute atomic E-state index is 13.7. The number of nitrogens with zero attached hydrogens (tertiary/aromatic N) is 1. The standard InChI is InChI=1S/C13H10F3NO/c14-12-11(7-4-8-17-12)18-9-13(15,16)10-5-2-1-3-6-10/h1-8H,9H2. The van der Waals surface area contributed by atoms with Crippen LogP contribution in [0.1, 0.15) is 5.56 Å². The second-order valence-electron chi connectivity index (χ2n) is 3.65. The largest absolute Gasteiger partial charge is 0.482 e. The molecule has 2 nitrogen and oxygen atoms in total. The van der Waals surface area contributed by atoms with Crippen molar-refractivity contribution < 1.29 is 17.9 Å². The molecule has 0 bridgehead atoms. The average molecular weight is 253 g/mol. The van der Waals surface area contributed by atoms with E-state index in [0.717, 1.165) is 0 Å². The van der Waals surface area contributed by atoms with Crippen LogP contribution in [0.2, 0.25) is 0 Å². The molecule has 0 aliphatic heterocycles. The molecule has 1 heterocycles. The third-order valence-corrected chi connectivity index (χ3v) is 2.33. The van der Waals surface area contributed by atoms with E-state index in [1.807, 2.05) is 0 Å². The van der Waals surface area contributed by atoms with Gasteiger partial charge in [0.15, 0.2) is 12.4 Å². The Morgan fingerprint density at radius 2 is 1.78 bits per heavy atom. The molecule has 0 unspecified atom stereocenters. The van der Waals surface area contributed by atoms with Crippen LogP contribution >= 0.6 is 0 Å². The van der Waals surface area contributed by atoms with E-state index >= 15 is 0 Å². The van der Waals surface area contributed by atoms with Crippen molar-refractivity contribution in [2.75, 3.05) is 6.61 Å². The van der Waals surface area contributed by atoms with Crippen LogP contribution in [0.3, 0.4) is 0 Å². The van der Waals surface area contributed by atoms with Gasteiger partial charge in [-0.15, -0.1) is 0 Å². The number of rotatable bonds is 4. The van der Waals surface area contributed by atoms with E-state index in [1.165, 1.54) is 42.6 Å². The van der Waals surface area contributed by atoms with Gasteiger partial charge in [-0.25, -0.2) is 4.98 Å². The first-order chi connectivity index (χ1) is 8.59. The minimum atomic E-state index is -3.18. The van der Waals surface area contributed by atoms with Gasteiger partial charge in [-0.1, -0.05) is 30.3 Å². The first kappa shape index (κ1) is 12.4. The molecule has 0 aliphatic carbocycles. The molecule has 18 heavy (non-hydrogen) atoms. The fourth-order valence-corrected chi connectivity index (χ4v) is 1.41. The molecule has 0 amide bonds. The smallest absolute Gasteiger partial charge is 0.306 e. The van der Waals surface area contributed by atoms with Crippen molar-refractivity contribution in [1.82, 2.24) is 4.98 Å². The molecular weight excluding hydrogens is 243 g/mol. The van der Waals surface area contributed by atoms with Crippen LogP contribution in [0.4, 0.5) is 13.2 Å². The third-order valence-electron chi connectivity index (χ3n) is 2.33. The Hall–Kier alpha value is -2.04. The van der Waals surface area contributed by atoms with E-state index in [-0.39, 0.29) is 11.3 Å². The van der Waals surface area contributed by atoms with Crippen molar-refractivity contribution in [2.45, 2.75) is 5.92 Å². The van der Waals surface area contributed by atoms with Gasteiger partial charge >= 0.3 is 5.92 Å². The van der Waals surface area contributed by atoms with Gasteiger partial charge in [-0.3, -0.25) is 0 Å². The van der Waals surface area contributed by atoms with E-state index in [9.17, 15) is 13.2 Å². The summed E-state index contributed by atoms with van der Waals surface area (Å²) in [6, 6.07) is 9.91. The fourth-order valence-electron chi connectivity index (χ4n) is 1.41. The lowest BCUT2D eigenvalue weighted by atomic mass is 10.1. The zero-order chi connectivity index (χ0) is 13.0. The Morgan fingerprint density at radius 1 is 1.06 bits per heavy atom. The lowest BCUT2D eigenvalue weighted by Crippen LogP contribution is -2.23. The highest BCUT2D eigenvalue weighted by molar-refractivity contribution is 5.22. The predicted molar refractivity (Wildman–Crippen MR) is 60.0 cm³/mol. The summed E-state index contributed by atoms with van der Waals surface area (Å²) in [7, 11) is 0. The van der Waals surface area contributed by atoms with E-state index < -0.39 is 18.5 Å². The predicted octanol–water partition coefficient (Wildman–Crippen LogP) is 3.39. The summed E-state index contributed by atoms with van der Waals surface area (Å²) in [5.74, 6) is -4.36. The molecular formula is C13H10F3NO. The van der Waals surface area contributed by atoms with E-state index in [4.69, 9.17) is 4.74 Å². The SMILES string of the molecule is Fc1ncccc1OCC(F)(F)c1ccccc1. The van der Waals surface area contributed by atoms with Crippen molar-refractivity contribution in [2.24, 2.45) is 0 Å². The van der Waals surface area contributed by atoms with Crippen LogP contribution in [-0.4, -0.2) is 11.6 Å². The molecule has 1 aromatic carbocycles. The Labute approximate surface area is 102 Å². The Morgan fingerprint density at radius 3 is 2.44 bits per heavy atom. The number of pyridine rings is 1. The van der Waals surface area contributed by atoms with Gasteiger partial charge in [0, 0.05) is 11.8 Å². The molecule has 0 saturated heterocycles. The van der Waals surface area contributed by atoms with E-state index in [2.05, 4.69) is 4.98 Å². The summed E-state index contributed by atoms with van der Waals surface area (Å²) in [6.07, 6.45) is 1.22. The summed E-state index contributed by atoms with van der Waals surface area (Å²) < 4.78 is 45.3. The first-order valence-electron chi connectivity index (χ1n) is 5.26. The molecule has 0 aliphatic rings. The monoisotopic (exact) mass is 253 g/mol. The lowest BCUT2D eigenvalue weighted by Gasteiger charge is -2.17. The Kier molecular flexibility index (Phi) is 3.50. The minimum absolute atomic E-state index is 0.172. The molecule has 2 aromatic rings. The molecule has 0 spiro atoms. The second-order valence-corrected chi connectivity index (χ2v) is 3.65. The van der Waals surface area contributed by atoms with E-state index in [1.54, 1.807) is 6.07 Å². The minimum Gasteiger partial charge on any atom is -0.482 e. The van der Waals surface area contributed by atoms with Gasteiger partial charge < -0.3 is 4.74 Å². The van der Waals surface area contributed by atoms with Crippen LogP contribution < -0.4 is 4.74 Å². The van der Waals surface area contributed by atoms with Gasteiger partial charge in [0.1, 0.15) is 0 Å². The number of aromatic nitrogens is 1. The van der Waals surface area contributed by atoms with Crippen LogP contribution in [0, 0.1) is 5.95 Å². The van der Waals surface area contributed by atoms with Crippen LogP contribution in [0.5, 0.6) is 5.75 Å². The van der Waals surface area contributed by atoms with Crippen LogP contribution in [0.15, 0.2) is 48.7 Å². The zero-order valence-corrected chi connectivity index (χ0v) is 9.32. The number of hydrogen-bond donors (Lipinski definition) is 0. The van der Waals surface area contributed by atoms with Gasteiger partial charge in [-0.2, -0.15) is 13.2 Å². The normalized spacial score (nSPS) is 11.3. The van der Waals surface area contributed by atoms with Crippen molar-refractivity contribution in [1.29, 1.82) is 0 Å². The molecule has 0 saturated carbocycles. The lowest BCUT2D eigenvalue weighted by molar-refractivity contribution is -0.0477. The van der Waals surface area contributed by atoms with Crippen LogP contribution in [0.25, 0.3) is 0 Å². The molecule has 0 fully saturated rings. The summed E-state index contributed by atoms with van der Waals surface area (Å²) in [5, 5.41) is 0. The number of benzene rings is 1. The van der Waals surface area contributed by atoms with E-state index in [0.29, 0.717) is 0 Å². The van der Waals surface area contributed by atoms with Crippen molar-refractivity contribution >= 4 is 0 Å². The molecule has 0 radical (unpaired) electrons. The summed E-state index contributed by atoms with van der Waals surface area (Å²) in [4.78, 5) is 3.32. The molecule has 94 valence electrons. The van der Waals surface area contributed by atoms with Crippen molar-refractivity contribution in [3.63, 3.8) is 0 Å². The fraction of sp³-hybridized carbons (Fsp3) is 0.154. The molecule has 2 rings (SSSR count). The third kappa shape index (κ3) is 2.80. The quantitative estimate of drug-likeness (QED) is 0.779. The topological polar surface area (TPSA) is 22.1 Å². The maximum atomic E-state index is 13.7. The van der Waals surface area contributed by atoms with Gasteiger partial charge in [0.25, 0.3) is 5.95 Å². The number of hydrogen-bond acceptors (Lipinski definition) is 2. The highest BCUT2D eigenvalue weighted by Gasteiger charge is 2.32. The van der Waals surface area contributed by atoms with Crippen molar-refractivity contribution in [3.05, 3.63) is 60.2 Å². The maximum Gasteiger partial charge on any atom is 0.306 e. The Balaban J connectivity index is 2.08. The van der Waals surface area contributed by atoms with Gasteiger partial charge in [0.05, 0.1) is 0 Å². The summed E-state index contributed by atoms with van der Waals surface area (Å²) in [6.45, 7) is -0.931. The first-order valence-corrected chi connectivity index (χ1v) is 5.26. The Bertz CT molecular complexity index is 517. The molecule has 1 aromatic heterocycles.